The maximum Gasteiger partial charge on any atom is -0.00990 e. The molecule has 2 rings (SSSR count). The highest BCUT2D eigenvalue weighted by Crippen LogP contribution is 2.20. The lowest BCUT2D eigenvalue weighted by molar-refractivity contribution is 0.608. The molecule has 0 saturated carbocycles. The number of unbranched alkanes of at least 4 members (excludes halogenated alkanes) is 5. The Hall–Kier alpha value is -1.30. The maximum atomic E-state index is 3.31. The Morgan fingerprint density at radius 1 is 0.889 bits per heavy atom. The fraction of sp³-hybridized carbons (Fsp3) is 0.444. The zero-order chi connectivity index (χ0) is 12.6. The summed E-state index contributed by atoms with van der Waals surface area (Å²) in [5.41, 5.74) is 1.49. The van der Waals surface area contributed by atoms with Crippen LogP contribution in [0.15, 0.2) is 36.4 Å². The van der Waals surface area contributed by atoms with Crippen LogP contribution in [0.25, 0.3) is 10.8 Å². The molecular weight excluding hydrogens is 216 g/mol. The van der Waals surface area contributed by atoms with E-state index < -0.39 is 0 Å². The molecule has 0 nitrogen and oxygen atoms in total. The lowest BCUT2D eigenvalue weighted by Crippen LogP contribution is -1.88. The third kappa shape index (κ3) is 3.60. The first-order valence-electron chi connectivity index (χ1n) is 7.30. The van der Waals surface area contributed by atoms with Crippen molar-refractivity contribution in [1.29, 1.82) is 0 Å². The van der Waals surface area contributed by atoms with Gasteiger partial charge in [0.05, 0.1) is 0 Å². The fourth-order valence-corrected chi connectivity index (χ4v) is 2.52. The molecule has 0 aliphatic heterocycles. The van der Waals surface area contributed by atoms with E-state index in [2.05, 4.69) is 49.4 Å². The van der Waals surface area contributed by atoms with Crippen LogP contribution in [0, 0.1) is 6.07 Å². The predicted octanol–water partition coefficient (Wildman–Crippen LogP) is 5.54. The van der Waals surface area contributed by atoms with Crippen LogP contribution in [0.3, 0.4) is 0 Å². The molecule has 0 N–H and O–H groups in total. The van der Waals surface area contributed by atoms with E-state index in [0.717, 1.165) is 0 Å². The van der Waals surface area contributed by atoms with Gasteiger partial charge in [0.2, 0.25) is 0 Å². The van der Waals surface area contributed by atoms with Gasteiger partial charge in [-0.3, -0.25) is 0 Å². The summed E-state index contributed by atoms with van der Waals surface area (Å²) in [5, 5.41) is 2.63. The molecule has 0 bridgehead atoms. The van der Waals surface area contributed by atoms with Crippen LogP contribution in [0.1, 0.15) is 51.0 Å². The SMILES string of the molecule is CCCCCCCCc1cc[c]c2ccccc12. The van der Waals surface area contributed by atoms with E-state index >= 15 is 0 Å². The third-order valence-corrected chi connectivity index (χ3v) is 3.60. The maximum absolute atomic E-state index is 3.31. The van der Waals surface area contributed by atoms with E-state index in [-0.39, 0.29) is 0 Å². The van der Waals surface area contributed by atoms with Gasteiger partial charge in [-0.15, -0.1) is 0 Å². The normalized spacial score (nSPS) is 10.9. The molecule has 0 unspecified atom stereocenters. The van der Waals surface area contributed by atoms with Crippen LogP contribution >= 0.6 is 0 Å². The van der Waals surface area contributed by atoms with Gasteiger partial charge in [0.15, 0.2) is 0 Å². The average Bonchev–Trinajstić information content (AvgIpc) is 2.43. The molecule has 0 aliphatic rings. The highest BCUT2D eigenvalue weighted by molar-refractivity contribution is 5.85. The van der Waals surface area contributed by atoms with Crippen molar-refractivity contribution in [2.75, 3.05) is 0 Å². The summed E-state index contributed by atoms with van der Waals surface area (Å²) in [6.07, 6.45) is 9.42. The third-order valence-electron chi connectivity index (χ3n) is 3.60. The average molecular weight is 239 g/mol. The molecule has 0 spiro atoms. The van der Waals surface area contributed by atoms with Crippen LogP contribution in [-0.2, 0) is 6.42 Å². The number of rotatable bonds is 7. The number of benzene rings is 2. The molecule has 95 valence electrons. The van der Waals surface area contributed by atoms with Crippen LogP contribution in [-0.4, -0.2) is 0 Å². The molecule has 18 heavy (non-hydrogen) atoms. The first kappa shape index (κ1) is 13.1. The molecule has 0 amide bonds. The van der Waals surface area contributed by atoms with E-state index in [1.165, 1.54) is 61.3 Å². The Balaban J connectivity index is 1.88. The van der Waals surface area contributed by atoms with E-state index in [1.807, 2.05) is 0 Å². The second-order valence-corrected chi connectivity index (χ2v) is 5.07. The Bertz CT molecular complexity index is 465. The smallest absolute Gasteiger partial charge is 0.00990 e. The number of fused-ring (bicyclic) bond motifs is 1. The van der Waals surface area contributed by atoms with E-state index in [1.54, 1.807) is 0 Å². The second kappa shape index (κ2) is 7.20. The van der Waals surface area contributed by atoms with Crippen molar-refractivity contribution in [2.45, 2.75) is 51.9 Å². The topological polar surface area (TPSA) is 0 Å². The Morgan fingerprint density at radius 2 is 1.67 bits per heavy atom. The van der Waals surface area contributed by atoms with E-state index in [0.29, 0.717) is 0 Å². The molecule has 0 aliphatic carbocycles. The Kier molecular flexibility index (Phi) is 5.26. The van der Waals surface area contributed by atoms with Crippen LogP contribution in [0.4, 0.5) is 0 Å². The van der Waals surface area contributed by atoms with Gasteiger partial charge in [0.1, 0.15) is 0 Å². The van der Waals surface area contributed by atoms with Crippen LogP contribution < -0.4 is 0 Å². The summed E-state index contributed by atoms with van der Waals surface area (Å²) >= 11 is 0. The highest BCUT2D eigenvalue weighted by Gasteiger charge is 2.00. The first-order valence-corrected chi connectivity index (χ1v) is 7.30. The van der Waals surface area contributed by atoms with Gasteiger partial charge in [-0.1, -0.05) is 75.4 Å². The van der Waals surface area contributed by atoms with Gasteiger partial charge >= 0.3 is 0 Å². The molecule has 2 aromatic carbocycles. The Morgan fingerprint density at radius 3 is 2.56 bits per heavy atom. The summed E-state index contributed by atoms with van der Waals surface area (Å²) in [7, 11) is 0. The number of aryl methyl sites for hydroxylation is 1. The summed E-state index contributed by atoms with van der Waals surface area (Å²) in [4.78, 5) is 0. The van der Waals surface area contributed by atoms with Crippen LogP contribution in [0.5, 0.6) is 0 Å². The monoisotopic (exact) mass is 239 g/mol. The van der Waals surface area contributed by atoms with Crippen molar-refractivity contribution in [1.82, 2.24) is 0 Å². The van der Waals surface area contributed by atoms with Crippen molar-refractivity contribution in [3.8, 4) is 0 Å². The zero-order valence-electron chi connectivity index (χ0n) is 11.4. The van der Waals surface area contributed by atoms with Gasteiger partial charge in [0, 0.05) is 0 Å². The van der Waals surface area contributed by atoms with Gasteiger partial charge in [-0.05, 0) is 35.2 Å². The molecule has 0 aromatic heterocycles. The van der Waals surface area contributed by atoms with Crippen molar-refractivity contribution in [2.24, 2.45) is 0 Å². The first-order chi connectivity index (χ1) is 8.92. The minimum atomic E-state index is 1.21. The quantitative estimate of drug-likeness (QED) is 0.556. The van der Waals surface area contributed by atoms with Crippen molar-refractivity contribution in [3.05, 3.63) is 48.0 Å². The molecule has 0 atom stereocenters. The standard InChI is InChI=1S/C18H23/c1-2-3-4-5-6-7-11-16-13-10-14-17-12-8-9-15-18(16)17/h8-10,12-13,15H,2-7,11H2,1H3. The molecule has 0 saturated heterocycles. The molecule has 0 fully saturated rings. The fourth-order valence-electron chi connectivity index (χ4n) is 2.52. The van der Waals surface area contributed by atoms with Gasteiger partial charge in [-0.25, -0.2) is 0 Å². The zero-order valence-corrected chi connectivity index (χ0v) is 11.4. The van der Waals surface area contributed by atoms with Gasteiger partial charge in [0.25, 0.3) is 0 Å². The summed E-state index contributed by atoms with van der Waals surface area (Å²) in [6.45, 7) is 2.27. The largest absolute Gasteiger partial charge is 0.0654 e. The summed E-state index contributed by atoms with van der Waals surface area (Å²) < 4.78 is 0. The molecule has 1 radical (unpaired) electrons. The lowest BCUT2D eigenvalue weighted by atomic mass is 9.99. The van der Waals surface area contributed by atoms with Gasteiger partial charge < -0.3 is 0 Å². The Labute approximate surface area is 111 Å². The number of hydrogen-bond donors (Lipinski definition) is 0. The van der Waals surface area contributed by atoms with Gasteiger partial charge in [-0.2, -0.15) is 0 Å². The van der Waals surface area contributed by atoms with Crippen molar-refractivity contribution in [3.63, 3.8) is 0 Å². The minimum absolute atomic E-state index is 1.21. The number of hydrogen-bond acceptors (Lipinski definition) is 0. The molecule has 0 heteroatoms. The molecule has 2 aromatic rings. The van der Waals surface area contributed by atoms with E-state index in [4.69, 9.17) is 0 Å². The molecular formula is C18H23. The predicted molar refractivity (Wildman–Crippen MR) is 79.9 cm³/mol. The summed E-state index contributed by atoms with van der Waals surface area (Å²) in [5.74, 6) is 0. The summed E-state index contributed by atoms with van der Waals surface area (Å²) in [6, 6.07) is 16.2. The van der Waals surface area contributed by atoms with Crippen molar-refractivity contribution < 1.29 is 0 Å². The van der Waals surface area contributed by atoms with Crippen molar-refractivity contribution >= 4 is 10.8 Å². The van der Waals surface area contributed by atoms with E-state index in [9.17, 15) is 0 Å². The minimum Gasteiger partial charge on any atom is -0.0654 e. The van der Waals surface area contributed by atoms with Crippen LogP contribution in [0.2, 0.25) is 0 Å². The highest BCUT2D eigenvalue weighted by atomic mass is 14.0. The molecule has 0 heterocycles. The second-order valence-electron chi connectivity index (χ2n) is 5.07. The lowest BCUT2D eigenvalue weighted by Gasteiger charge is -2.06.